The fourth-order valence-electron chi connectivity index (χ4n) is 2.94. The zero-order chi connectivity index (χ0) is 16.8. The van der Waals surface area contributed by atoms with Crippen LogP contribution in [0.3, 0.4) is 0 Å². The van der Waals surface area contributed by atoms with Gasteiger partial charge in [-0.1, -0.05) is 24.3 Å². The maximum atomic E-state index is 6.01. The Bertz CT molecular complexity index is 668. The number of nitrogens with zero attached hydrogens (tertiary/aromatic N) is 3. The Kier molecular flexibility index (Phi) is 5.48. The first-order valence-electron chi connectivity index (χ1n) is 8.46. The molecule has 2 heterocycles. The number of morpholine rings is 1. The van der Waals surface area contributed by atoms with E-state index in [9.17, 15) is 0 Å². The summed E-state index contributed by atoms with van der Waals surface area (Å²) in [4.78, 5) is 7.01. The van der Waals surface area contributed by atoms with Gasteiger partial charge in [0.2, 0.25) is 0 Å². The fourth-order valence-corrected chi connectivity index (χ4v) is 2.94. The van der Waals surface area contributed by atoms with E-state index in [-0.39, 0.29) is 6.10 Å². The van der Waals surface area contributed by atoms with E-state index in [2.05, 4.69) is 58.5 Å². The van der Waals surface area contributed by atoms with Gasteiger partial charge in [0, 0.05) is 19.3 Å². The number of nitrogens with one attached hydrogen (secondary N) is 2. The highest BCUT2D eigenvalue weighted by Crippen LogP contribution is 2.25. The molecule has 0 aliphatic carbocycles. The molecule has 0 saturated carbocycles. The number of benzene rings is 1. The molecule has 1 aliphatic heterocycles. The minimum absolute atomic E-state index is 0.0796. The number of guanidine groups is 1. The molecule has 2 N–H and O–H groups in total. The zero-order valence-corrected chi connectivity index (χ0v) is 14.3. The molecular formula is C18H25N5O. The van der Waals surface area contributed by atoms with Crippen molar-refractivity contribution in [3.63, 3.8) is 0 Å². The van der Waals surface area contributed by atoms with Crippen molar-refractivity contribution in [2.75, 3.05) is 26.2 Å². The molecule has 6 heteroatoms. The third-order valence-electron chi connectivity index (χ3n) is 4.19. The normalized spacial score (nSPS) is 18.7. The molecule has 1 atom stereocenters. The molecular weight excluding hydrogens is 302 g/mol. The van der Waals surface area contributed by atoms with Crippen LogP contribution in [0.5, 0.6) is 0 Å². The number of aliphatic imine (C=N–C) groups is 1. The highest BCUT2D eigenvalue weighted by atomic mass is 16.5. The number of aryl methyl sites for hydroxylation is 1. The van der Waals surface area contributed by atoms with Crippen LogP contribution in [0.2, 0.25) is 0 Å². The van der Waals surface area contributed by atoms with E-state index >= 15 is 0 Å². The van der Waals surface area contributed by atoms with Crippen LogP contribution in [-0.2, 0) is 11.3 Å². The van der Waals surface area contributed by atoms with Crippen molar-refractivity contribution in [1.29, 1.82) is 0 Å². The van der Waals surface area contributed by atoms with E-state index in [1.165, 1.54) is 11.1 Å². The van der Waals surface area contributed by atoms with Gasteiger partial charge in [-0.25, -0.2) is 4.99 Å². The van der Waals surface area contributed by atoms with Gasteiger partial charge < -0.3 is 15.0 Å². The van der Waals surface area contributed by atoms with E-state index in [1.807, 2.05) is 6.07 Å². The molecule has 1 aliphatic rings. The molecule has 0 amide bonds. The van der Waals surface area contributed by atoms with Gasteiger partial charge in [-0.05, 0) is 31.0 Å². The lowest BCUT2D eigenvalue weighted by Crippen LogP contribution is -2.48. The number of hydrogen-bond donors (Lipinski definition) is 2. The quantitative estimate of drug-likeness (QED) is 0.668. The number of H-pyrrole nitrogens is 1. The van der Waals surface area contributed by atoms with Gasteiger partial charge in [-0.2, -0.15) is 5.10 Å². The lowest BCUT2D eigenvalue weighted by atomic mass is 10.0. The van der Waals surface area contributed by atoms with Crippen molar-refractivity contribution in [3.05, 3.63) is 53.3 Å². The second kappa shape index (κ2) is 7.97. The van der Waals surface area contributed by atoms with Gasteiger partial charge in [0.15, 0.2) is 5.96 Å². The van der Waals surface area contributed by atoms with E-state index in [0.29, 0.717) is 13.2 Å². The standard InChI is InChI=1S/C18H25N5O/c1-3-19-18(20-12-15-8-9-21-22-15)23-10-11-24-17(13-23)16-7-5-4-6-14(16)2/h4-9,17H,3,10-13H2,1-2H3,(H,19,20)(H,21,22). The summed E-state index contributed by atoms with van der Waals surface area (Å²) in [6.45, 7) is 8.01. The van der Waals surface area contributed by atoms with Gasteiger partial charge in [0.05, 0.1) is 25.4 Å². The van der Waals surface area contributed by atoms with Gasteiger partial charge in [-0.15, -0.1) is 0 Å². The fraction of sp³-hybridized carbons (Fsp3) is 0.444. The molecule has 1 saturated heterocycles. The van der Waals surface area contributed by atoms with Crippen molar-refractivity contribution >= 4 is 5.96 Å². The van der Waals surface area contributed by atoms with Crippen LogP contribution in [0.4, 0.5) is 0 Å². The molecule has 6 nitrogen and oxygen atoms in total. The summed E-state index contributed by atoms with van der Waals surface area (Å²) in [7, 11) is 0. The molecule has 24 heavy (non-hydrogen) atoms. The Labute approximate surface area is 142 Å². The Balaban J connectivity index is 1.73. The summed E-state index contributed by atoms with van der Waals surface area (Å²) in [5.41, 5.74) is 3.53. The molecule has 128 valence electrons. The van der Waals surface area contributed by atoms with Crippen molar-refractivity contribution < 1.29 is 4.74 Å². The molecule has 1 fully saturated rings. The first-order chi connectivity index (χ1) is 11.8. The largest absolute Gasteiger partial charge is 0.370 e. The monoisotopic (exact) mass is 327 g/mol. The Morgan fingerprint density at radius 3 is 3.04 bits per heavy atom. The van der Waals surface area contributed by atoms with Crippen LogP contribution in [0.1, 0.15) is 29.8 Å². The maximum absolute atomic E-state index is 6.01. The maximum Gasteiger partial charge on any atom is 0.194 e. The second-order valence-corrected chi connectivity index (χ2v) is 5.91. The summed E-state index contributed by atoms with van der Waals surface area (Å²) in [5, 5.41) is 10.3. The summed E-state index contributed by atoms with van der Waals surface area (Å²) in [6.07, 6.45) is 1.83. The van der Waals surface area contributed by atoms with E-state index in [4.69, 9.17) is 9.73 Å². The van der Waals surface area contributed by atoms with Gasteiger partial charge >= 0.3 is 0 Å². The SMILES string of the molecule is CCNC(=NCc1ccn[nH]1)N1CCOC(c2ccccc2C)C1. The van der Waals surface area contributed by atoms with Crippen LogP contribution < -0.4 is 5.32 Å². The molecule has 0 spiro atoms. The Hall–Kier alpha value is -2.34. The highest BCUT2D eigenvalue weighted by Gasteiger charge is 2.25. The molecule has 1 unspecified atom stereocenters. The lowest BCUT2D eigenvalue weighted by molar-refractivity contribution is -0.00834. The minimum Gasteiger partial charge on any atom is -0.370 e. The van der Waals surface area contributed by atoms with Crippen LogP contribution in [0, 0.1) is 6.92 Å². The third kappa shape index (κ3) is 3.94. The van der Waals surface area contributed by atoms with Crippen molar-refractivity contribution in [3.8, 4) is 0 Å². The summed E-state index contributed by atoms with van der Waals surface area (Å²) in [6, 6.07) is 10.4. The molecule has 1 aromatic heterocycles. The van der Waals surface area contributed by atoms with Gasteiger partial charge in [0.1, 0.15) is 6.10 Å². The first kappa shape index (κ1) is 16.5. The number of aromatic nitrogens is 2. The average molecular weight is 327 g/mol. The van der Waals surface area contributed by atoms with Crippen LogP contribution in [-0.4, -0.2) is 47.3 Å². The van der Waals surface area contributed by atoms with Crippen molar-refractivity contribution in [1.82, 2.24) is 20.4 Å². The number of hydrogen-bond acceptors (Lipinski definition) is 3. The smallest absolute Gasteiger partial charge is 0.194 e. The van der Waals surface area contributed by atoms with Crippen molar-refractivity contribution in [2.45, 2.75) is 26.5 Å². The average Bonchev–Trinajstić information content (AvgIpc) is 3.13. The summed E-state index contributed by atoms with van der Waals surface area (Å²) >= 11 is 0. The Morgan fingerprint density at radius 1 is 1.42 bits per heavy atom. The second-order valence-electron chi connectivity index (χ2n) is 5.91. The molecule has 1 aromatic carbocycles. The molecule has 2 aromatic rings. The van der Waals surface area contributed by atoms with E-state index < -0.39 is 0 Å². The lowest BCUT2D eigenvalue weighted by Gasteiger charge is -2.35. The van der Waals surface area contributed by atoms with E-state index in [0.717, 1.165) is 31.3 Å². The highest BCUT2D eigenvalue weighted by molar-refractivity contribution is 5.80. The number of ether oxygens (including phenoxy) is 1. The topological polar surface area (TPSA) is 65.5 Å². The minimum atomic E-state index is 0.0796. The first-order valence-corrected chi connectivity index (χ1v) is 8.46. The van der Waals surface area contributed by atoms with Gasteiger partial charge in [-0.3, -0.25) is 5.10 Å². The zero-order valence-electron chi connectivity index (χ0n) is 14.3. The summed E-state index contributed by atoms with van der Waals surface area (Å²) < 4.78 is 6.01. The molecule has 3 rings (SSSR count). The molecule has 0 radical (unpaired) electrons. The number of aromatic amines is 1. The number of rotatable bonds is 4. The van der Waals surface area contributed by atoms with Crippen LogP contribution >= 0.6 is 0 Å². The Morgan fingerprint density at radius 2 is 2.29 bits per heavy atom. The molecule has 0 bridgehead atoms. The summed E-state index contributed by atoms with van der Waals surface area (Å²) in [5.74, 6) is 0.925. The third-order valence-corrected chi connectivity index (χ3v) is 4.19. The predicted molar refractivity (Wildman–Crippen MR) is 94.8 cm³/mol. The van der Waals surface area contributed by atoms with E-state index in [1.54, 1.807) is 6.20 Å². The van der Waals surface area contributed by atoms with Crippen LogP contribution in [0.25, 0.3) is 0 Å². The van der Waals surface area contributed by atoms with Crippen molar-refractivity contribution in [2.24, 2.45) is 4.99 Å². The van der Waals surface area contributed by atoms with Crippen LogP contribution in [0.15, 0.2) is 41.5 Å². The predicted octanol–water partition coefficient (Wildman–Crippen LogP) is 2.26. The van der Waals surface area contributed by atoms with Gasteiger partial charge in [0.25, 0.3) is 0 Å².